The fourth-order valence-corrected chi connectivity index (χ4v) is 2.49. The van der Waals surface area contributed by atoms with Crippen LogP contribution in [0.1, 0.15) is 39.5 Å². The second-order valence-electron chi connectivity index (χ2n) is 5.50. The molecular formula is C12H20N2O4. The number of rotatable bonds is 5. The van der Waals surface area contributed by atoms with E-state index in [0.29, 0.717) is 0 Å². The van der Waals surface area contributed by atoms with Gasteiger partial charge >= 0.3 is 5.97 Å². The highest BCUT2D eigenvalue weighted by molar-refractivity contribution is 5.89. The maximum atomic E-state index is 12.0. The average Bonchev–Trinajstić information content (AvgIpc) is 2.56. The lowest BCUT2D eigenvalue weighted by Crippen LogP contribution is -2.47. The molecule has 0 aromatic carbocycles. The van der Waals surface area contributed by atoms with Crippen molar-refractivity contribution in [1.82, 2.24) is 5.32 Å². The summed E-state index contributed by atoms with van der Waals surface area (Å²) in [5.41, 5.74) is 4.83. The van der Waals surface area contributed by atoms with Gasteiger partial charge in [-0.2, -0.15) is 0 Å². The Kier molecular flexibility index (Phi) is 4.32. The summed E-state index contributed by atoms with van der Waals surface area (Å²) < 4.78 is 0. The van der Waals surface area contributed by atoms with E-state index in [4.69, 9.17) is 10.8 Å². The summed E-state index contributed by atoms with van der Waals surface area (Å²) >= 11 is 0. The first-order valence-corrected chi connectivity index (χ1v) is 6.05. The van der Waals surface area contributed by atoms with E-state index in [9.17, 15) is 14.4 Å². The number of hydrogen-bond donors (Lipinski definition) is 3. The van der Waals surface area contributed by atoms with Crippen molar-refractivity contribution in [3.8, 4) is 0 Å². The topological polar surface area (TPSA) is 109 Å². The van der Waals surface area contributed by atoms with Gasteiger partial charge in [-0.1, -0.05) is 20.3 Å². The van der Waals surface area contributed by atoms with Crippen LogP contribution in [-0.2, 0) is 14.4 Å². The third kappa shape index (κ3) is 3.45. The molecular weight excluding hydrogens is 236 g/mol. The molecule has 2 unspecified atom stereocenters. The number of carboxylic acid groups (broad SMARTS) is 1. The van der Waals surface area contributed by atoms with Crippen LogP contribution in [0.3, 0.4) is 0 Å². The molecule has 0 aromatic heterocycles. The summed E-state index contributed by atoms with van der Waals surface area (Å²) in [6.07, 6.45) is 2.27. The monoisotopic (exact) mass is 256 g/mol. The normalized spacial score (nSPS) is 23.3. The van der Waals surface area contributed by atoms with Crippen LogP contribution in [0.15, 0.2) is 0 Å². The first-order valence-electron chi connectivity index (χ1n) is 6.05. The van der Waals surface area contributed by atoms with Crippen LogP contribution in [0.4, 0.5) is 0 Å². The van der Waals surface area contributed by atoms with Crippen molar-refractivity contribution in [1.29, 1.82) is 0 Å². The minimum absolute atomic E-state index is 0.125. The number of nitrogens with one attached hydrogen (secondary N) is 1. The fourth-order valence-electron chi connectivity index (χ4n) is 2.49. The molecule has 0 saturated heterocycles. The third-order valence-corrected chi connectivity index (χ3v) is 3.59. The number of aliphatic carboxylic acids is 1. The molecule has 0 bridgehead atoms. The summed E-state index contributed by atoms with van der Waals surface area (Å²) in [4.78, 5) is 33.7. The van der Waals surface area contributed by atoms with E-state index in [0.717, 1.165) is 19.3 Å². The van der Waals surface area contributed by atoms with Gasteiger partial charge in [-0.25, -0.2) is 4.79 Å². The van der Waals surface area contributed by atoms with Crippen molar-refractivity contribution in [2.45, 2.75) is 45.6 Å². The lowest BCUT2D eigenvalue weighted by atomic mass is 9.81. The number of carbonyl (C=O) groups excluding carboxylic acids is 2. The Balaban J connectivity index is 2.67. The predicted octanol–water partition coefficient (Wildman–Crippen LogP) is 0.258. The zero-order chi connectivity index (χ0) is 13.9. The second kappa shape index (κ2) is 5.37. The number of carboxylic acids is 1. The molecule has 1 fully saturated rings. The Morgan fingerprint density at radius 3 is 2.44 bits per heavy atom. The van der Waals surface area contributed by atoms with E-state index in [1.165, 1.54) is 0 Å². The van der Waals surface area contributed by atoms with Gasteiger partial charge in [-0.3, -0.25) is 9.59 Å². The molecule has 0 spiro atoms. The average molecular weight is 256 g/mol. The van der Waals surface area contributed by atoms with Crippen molar-refractivity contribution in [3.63, 3.8) is 0 Å². The van der Waals surface area contributed by atoms with Gasteiger partial charge in [0.25, 0.3) is 0 Å². The van der Waals surface area contributed by atoms with E-state index in [2.05, 4.69) is 5.32 Å². The molecule has 2 amide bonds. The maximum absolute atomic E-state index is 12.0. The summed E-state index contributed by atoms with van der Waals surface area (Å²) in [5, 5.41) is 11.3. The van der Waals surface area contributed by atoms with E-state index in [-0.39, 0.29) is 23.7 Å². The highest BCUT2D eigenvalue weighted by atomic mass is 16.4. The van der Waals surface area contributed by atoms with Gasteiger partial charge in [0.1, 0.15) is 6.04 Å². The second-order valence-corrected chi connectivity index (χ2v) is 5.50. The molecule has 0 radical (unpaired) electrons. The summed E-state index contributed by atoms with van der Waals surface area (Å²) in [6, 6.07) is -1.23. The summed E-state index contributed by atoms with van der Waals surface area (Å²) in [5.74, 6) is -2.48. The van der Waals surface area contributed by atoms with Gasteiger partial charge in [-0.05, 0) is 18.3 Å². The predicted molar refractivity (Wildman–Crippen MR) is 64.5 cm³/mol. The largest absolute Gasteiger partial charge is 0.480 e. The molecule has 1 saturated carbocycles. The van der Waals surface area contributed by atoms with Gasteiger partial charge in [0.2, 0.25) is 11.8 Å². The molecule has 1 rings (SSSR count). The van der Waals surface area contributed by atoms with Crippen molar-refractivity contribution in [2.75, 3.05) is 0 Å². The van der Waals surface area contributed by atoms with E-state index >= 15 is 0 Å². The summed E-state index contributed by atoms with van der Waals surface area (Å²) in [6.45, 7) is 3.99. The van der Waals surface area contributed by atoms with E-state index < -0.39 is 17.9 Å². The van der Waals surface area contributed by atoms with Crippen molar-refractivity contribution >= 4 is 17.8 Å². The molecule has 1 aliphatic rings. The zero-order valence-electron chi connectivity index (χ0n) is 10.7. The van der Waals surface area contributed by atoms with E-state index in [1.807, 2.05) is 13.8 Å². The highest BCUT2D eigenvalue weighted by Gasteiger charge is 2.40. The minimum atomic E-state index is -1.24. The molecule has 6 heteroatoms. The lowest BCUT2D eigenvalue weighted by molar-refractivity contribution is -0.144. The van der Waals surface area contributed by atoms with Gasteiger partial charge in [0, 0.05) is 5.92 Å². The molecule has 18 heavy (non-hydrogen) atoms. The summed E-state index contributed by atoms with van der Waals surface area (Å²) in [7, 11) is 0. The van der Waals surface area contributed by atoms with Crippen LogP contribution >= 0.6 is 0 Å². The number of hydrogen-bond acceptors (Lipinski definition) is 3. The number of carbonyl (C=O) groups is 3. The zero-order valence-corrected chi connectivity index (χ0v) is 10.7. The van der Waals surface area contributed by atoms with Crippen LogP contribution in [-0.4, -0.2) is 28.9 Å². The van der Waals surface area contributed by atoms with Crippen LogP contribution in [0.25, 0.3) is 0 Å². The SMILES string of the molecule is CC1(C)CCCC1C(=O)NC(CC(N)=O)C(=O)O. The quantitative estimate of drug-likeness (QED) is 0.655. The Labute approximate surface area is 106 Å². The Morgan fingerprint density at radius 2 is 2.06 bits per heavy atom. The van der Waals surface area contributed by atoms with Gasteiger partial charge in [0.15, 0.2) is 0 Å². The molecule has 0 heterocycles. The molecule has 2 atom stereocenters. The Hall–Kier alpha value is -1.59. The van der Waals surface area contributed by atoms with Crippen molar-refractivity contribution < 1.29 is 19.5 Å². The standard InChI is InChI=1S/C12H20N2O4/c1-12(2)5-3-4-7(12)10(16)14-8(11(17)18)6-9(13)15/h7-8H,3-6H2,1-2H3,(H2,13,15)(H,14,16)(H,17,18). The molecule has 0 aromatic rings. The van der Waals surface area contributed by atoms with Crippen LogP contribution in [0.2, 0.25) is 0 Å². The first-order chi connectivity index (χ1) is 8.24. The van der Waals surface area contributed by atoms with Crippen molar-refractivity contribution in [3.05, 3.63) is 0 Å². The molecule has 4 N–H and O–H groups in total. The lowest BCUT2D eigenvalue weighted by Gasteiger charge is -2.27. The Morgan fingerprint density at radius 1 is 1.44 bits per heavy atom. The van der Waals surface area contributed by atoms with Crippen LogP contribution in [0.5, 0.6) is 0 Å². The fraction of sp³-hybridized carbons (Fsp3) is 0.750. The van der Waals surface area contributed by atoms with Gasteiger partial charge in [0.05, 0.1) is 6.42 Å². The number of primary amides is 1. The third-order valence-electron chi connectivity index (χ3n) is 3.59. The Bertz CT molecular complexity index is 365. The number of amides is 2. The number of nitrogens with two attached hydrogens (primary N) is 1. The van der Waals surface area contributed by atoms with Gasteiger partial charge < -0.3 is 16.2 Å². The minimum Gasteiger partial charge on any atom is -0.480 e. The molecule has 1 aliphatic carbocycles. The molecule has 102 valence electrons. The van der Waals surface area contributed by atoms with E-state index in [1.54, 1.807) is 0 Å². The van der Waals surface area contributed by atoms with Crippen LogP contribution in [0, 0.1) is 11.3 Å². The molecule has 6 nitrogen and oxygen atoms in total. The molecule has 0 aliphatic heterocycles. The highest BCUT2D eigenvalue weighted by Crippen LogP contribution is 2.42. The first kappa shape index (κ1) is 14.5. The van der Waals surface area contributed by atoms with Gasteiger partial charge in [-0.15, -0.1) is 0 Å². The van der Waals surface area contributed by atoms with Crippen LogP contribution < -0.4 is 11.1 Å². The smallest absolute Gasteiger partial charge is 0.326 e. The maximum Gasteiger partial charge on any atom is 0.326 e. The van der Waals surface area contributed by atoms with Crippen molar-refractivity contribution in [2.24, 2.45) is 17.1 Å².